The molecular weight excluding hydrogens is 476 g/mol. The molecule has 6 heteroatoms. The molecule has 1 heterocycles. The summed E-state index contributed by atoms with van der Waals surface area (Å²) in [6.45, 7) is 12.6. The fourth-order valence-corrected chi connectivity index (χ4v) is 4.78. The van der Waals surface area contributed by atoms with Crippen LogP contribution in [0.4, 0.5) is 11.4 Å². The number of nitrogens with zero attached hydrogens (tertiary/aromatic N) is 2. The molecule has 0 aromatic heterocycles. The molecule has 6 nitrogen and oxygen atoms in total. The van der Waals surface area contributed by atoms with Crippen molar-refractivity contribution < 1.29 is 19.4 Å². The first kappa shape index (κ1) is 27.0. The van der Waals surface area contributed by atoms with Crippen molar-refractivity contribution in [1.29, 1.82) is 0 Å². The van der Waals surface area contributed by atoms with Crippen LogP contribution in [-0.2, 0) is 9.59 Å². The number of hydrogen-bond acceptors (Lipinski definition) is 5. The van der Waals surface area contributed by atoms with Gasteiger partial charge in [-0.2, -0.15) is 0 Å². The van der Waals surface area contributed by atoms with Gasteiger partial charge in [0.1, 0.15) is 11.5 Å². The van der Waals surface area contributed by atoms with Crippen LogP contribution in [-0.4, -0.2) is 36.5 Å². The Balaban J connectivity index is 1.81. The van der Waals surface area contributed by atoms with Gasteiger partial charge in [-0.3, -0.25) is 14.5 Å². The third kappa shape index (κ3) is 5.44. The van der Waals surface area contributed by atoms with Crippen molar-refractivity contribution in [2.24, 2.45) is 5.92 Å². The van der Waals surface area contributed by atoms with Crippen LogP contribution in [0.1, 0.15) is 50.4 Å². The molecule has 0 aliphatic carbocycles. The minimum absolute atomic E-state index is 0.0722. The molecule has 1 N–H and O–H groups in total. The number of amides is 1. The van der Waals surface area contributed by atoms with Gasteiger partial charge in [0, 0.05) is 30.0 Å². The third-order valence-electron chi connectivity index (χ3n) is 6.77. The number of aliphatic hydroxyl groups excluding tert-OH is 1. The zero-order valence-corrected chi connectivity index (χ0v) is 22.8. The van der Waals surface area contributed by atoms with Crippen LogP contribution < -0.4 is 14.5 Å². The Labute approximate surface area is 225 Å². The molecule has 198 valence electrons. The lowest BCUT2D eigenvalue weighted by molar-refractivity contribution is -0.132. The number of benzene rings is 3. The number of anilines is 2. The smallest absolute Gasteiger partial charge is 0.300 e. The number of Topliss-reactive ketones (excluding diaryl/α,β-unsaturated/α-hetero) is 1. The minimum Gasteiger partial charge on any atom is -0.507 e. The predicted octanol–water partition coefficient (Wildman–Crippen LogP) is 6.50. The highest BCUT2D eigenvalue weighted by Gasteiger charge is 2.47. The van der Waals surface area contributed by atoms with Crippen LogP contribution in [0.3, 0.4) is 0 Å². The monoisotopic (exact) mass is 512 g/mol. The van der Waals surface area contributed by atoms with Crippen LogP contribution in [0.2, 0.25) is 0 Å². The highest BCUT2D eigenvalue weighted by atomic mass is 16.5. The van der Waals surface area contributed by atoms with Gasteiger partial charge in [0.05, 0.1) is 18.2 Å². The van der Waals surface area contributed by atoms with Crippen molar-refractivity contribution in [3.05, 3.63) is 95.1 Å². The van der Waals surface area contributed by atoms with E-state index < -0.39 is 17.7 Å². The summed E-state index contributed by atoms with van der Waals surface area (Å²) >= 11 is 0. The van der Waals surface area contributed by atoms with E-state index in [2.05, 4.69) is 32.6 Å². The van der Waals surface area contributed by atoms with Crippen LogP contribution in [0.15, 0.2) is 78.4 Å². The summed E-state index contributed by atoms with van der Waals surface area (Å²) in [7, 11) is 0. The van der Waals surface area contributed by atoms with E-state index >= 15 is 0 Å². The van der Waals surface area contributed by atoms with Crippen LogP contribution in [0.5, 0.6) is 5.75 Å². The van der Waals surface area contributed by atoms with Gasteiger partial charge >= 0.3 is 0 Å². The normalized spacial score (nSPS) is 16.8. The second-order valence-corrected chi connectivity index (χ2v) is 10.0. The van der Waals surface area contributed by atoms with Gasteiger partial charge in [0.25, 0.3) is 11.7 Å². The fourth-order valence-electron chi connectivity index (χ4n) is 4.78. The zero-order valence-electron chi connectivity index (χ0n) is 22.8. The standard InChI is InChI=1S/C32H36N2O4/c1-6-33(7-2)25-15-11-23(12-16-25)29-28(30(35)24-13-17-27(18-14-24)38-20-21(3)4)31(36)32(37)34(29)26-10-8-9-22(5)19-26/h8-19,21,29,35H,6-7,20H2,1-5H3/b30-28+. The molecule has 4 rings (SSSR count). The molecule has 0 saturated carbocycles. The number of carbonyl (C=O) groups is 2. The molecule has 38 heavy (non-hydrogen) atoms. The second-order valence-electron chi connectivity index (χ2n) is 10.0. The lowest BCUT2D eigenvalue weighted by atomic mass is 9.94. The molecule has 1 aliphatic heterocycles. The van der Waals surface area contributed by atoms with E-state index in [9.17, 15) is 14.7 Å². The van der Waals surface area contributed by atoms with Gasteiger partial charge < -0.3 is 14.7 Å². The van der Waals surface area contributed by atoms with Gasteiger partial charge in [-0.05, 0) is 86.3 Å². The summed E-state index contributed by atoms with van der Waals surface area (Å²) in [6.07, 6.45) is 0. The molecule has 1 atom stereocenters. The summed E-state index contributed by atoms with van der Waals surface area (Å²) < 4.78 is 5.76. The maximum atomic E-state index is 13.4. The van der Waals surface area contributed by atoms with Gasteiger partial charge in [-0.1, -0.05) is 38.1 Å². The number of aliphatic hydroxyl groups is 1. The topological polar surface area (TPSA) is 70.1 Å². The maximum Gasteiger partial charge on any atom is 0.300 e. The van der Waals surface area contributed by atoms with E-state index in [-0.39, 0.29) is 11.3 Å². The lowest BCUT2D eigenvalue weighted by Gasteiger charge is -2.27. The molecule has 1 saturated heterocycles. The average molecular weight is 513 g/mol. The summed E-state index contributed by atoms with van der Waals surface area (Å²) in [5, 5.41) is 11.4. The molecule has 3 aromatic carbocycles. The molecule has 3 aromatic rings. The van der Waals surface area contributed by atoms with Crippen molar-refractivity contribution in [3.63, 3.8) is 0 Å². The summed E-state index contributed by atoms with van der Waals surface area (Å²) in [6, 6.07) is 21.6. The number of rotatable bonds is 9. The molecule has 1 unspecified atom stereocenters. The lowest BCUT2D eigenvalue weighted by Crippen LogP contribution is -2.29. The first-order valence-corrected chi connectivity index (χ1v) is 13.2. The summed E-state index contributed by atoms with van der Waals surface area (Å²) in [5.74, 6) is -0.506. The van der Waals surface area contributed by atoms with E-state index in [4.69, 9.17) is 4.74 Å². The van der Waals surface area contributed by atoms with Gasteiger partial charge in [-0.15, -0.1) is 0 Å². The van der Waals surface area contributed by atoms with E-state index in [1.54, 1.807) is 24.3 Å². The average Bonchev–Trinajstić information content (AvgIpc) is 3.18. The number of carbonyl (C=O) groups excluding carboxylic acids is 2. The summed E-state index contributed by atoms with van der Waals surface area (Å²) in [5.41, 5.74) is 3.92. The summed E-state index contributed by atoms with van der Waals surface area (Å²) in [4.78, 5) is 30.6. The number of hydrogen-bond donors (Lipinski definition) is 1. The Kier molecular flexibility index (Phi) is 8.20. The van der Waals surface area contributed by atoms with E-state index in [0.29, 0.717) is 29.5 Å². The highest BCUT2D eigenvalue weighted by molar-refractivity contribution is 6.51. The third-order valence-corrected chi connectivity index (χ3v) is 6.77. The molecule has 0 spiro atoms. The molecule has 0 bridgehead atoms. The van der Waals surface area contributed by atoms with Crippen molar-refractivity contribution >= 4 is 28.8 Å². The molecule has 1 aliphatic rings. The SMILES string of the molecule is CCN(CC)c1ccc(C2/C(=C(\O)c3ccc(OCC(C)C)cc3)C(=O)C(=O)N2c2cccc(C)c2)cc1. The first-order chi connectivity index (χ1) is 18.2. The Morgan fingerprint density at radius 3 is 2.21 bits per heavy atom. The van der Waals surface area contributed by atoms with Gasteiger partial charge in [0.15, 0.2) is 0 Å². The quantitative estimate of drug-likeness (QED) is 0.201. The highest BCUT2D eigenvalue weighted by Crippen LogP contribution is 2.42. The number of aryl methyl sites for hydroxylation is 1. The minimum atomic E-state index is -0.764. The Bertz CT molecular complexity index is 1320. The largest absolute Gasteiger partial charge is 0.507 e. The van der Waals surface area contributed by atoms with Crippen LogP contribution in [0.25, 0.3) is 5.76 Å². The van der Waals surface area contributed by atoms with E-state index in [1.807, 2.05) is 55.5 Å². The van der Waals surface area contributed by atoms with Gasteiger partial charge in [0.2, 0.25) is 0 Å². The Morgan fingerprint density at radius 1 is 0.974 bits per heavy atom. The Hall–Kier alpha value is -4.06. The van der Waals surface area contributed by atoms with E-state index in [1.165, 1.54) is 4.90 Å². The molecular formula is C32H36N2O4. The number of ketones is 1. The van der Waals surface area contributed by atoms with Crippen LogP contribution >= 0.6 is 0 Å². The second kappa shape index (κ2) is 11.5. The maximum absolute atomic E-state index is 13.4. The van der Waals surface area contributed by atoms with Crippen LogP contribution in [0, 0.1) is 12.8 Å². The molecule has 1 fully saturated rings. The van der Waals surface area contributed by atoms with Crippen molar-refractivity contribution in [3.8, 4) is 5.75 Å². The fraction of sp³-hybridized carbons (Fsp3) is 0.312. The zero-order chi connectivity index (χ0) is 27.4. The molecule has 1 amide bonds. The van der Waals surface area contributed by atoms with Crippen molar-refractivity contribution in [2.45, 2.75) is 40.7 Å². The first-order valence-electron chi connectivity index (χ1n) is 13.2. The Morgan fingerprint density at radius 2 is 1.63 bits per heavy atom. The van der Waals surface area contributed by atoms with E-state index in [0.717, 1.165) is 29.9 Å². The number of ether oxygens (including phenoxy) is 1. The predicted molar refractivity (Wildman–Crippen MR) is 153 cm³/mol. The van der Waals surface area contributed by atoms with Crippen molar-refractivity contribution in [1.82, 2.24) is 0 Å². The molecule has 0 radical (unpaired) electrons. The van der Waals surface area contributed by atoms with Crippen molar-refractivity contribution in [2.75, 3.05) is 29.5 Å². The van der Waals surface area contributed by atoms with Gasteiger partial charge in [-0.25, -0.2) is 0 Å².